The summed E-state index contributed by atoms with van der Waals surface area (Å²) in [6.07, 6.45) is 0.406. The van der Waals surface area contributed by atoms with Crippen LogP contribution in [-0.2, 0) is 29.0 Å². The summed E-state index contributed by atoms with van der Waals surface area (Å²) in [6.45, 7) is 3.94. The van der Waals surface area contributed by atoms with Gasteiger partial charge in [-0.2, -0.15) is 5.10 Å². The Hall–Kier alpha value is -4.01. The number of methoxy groups -OCH3 is 1. The van der Waals surface area contributed by atoms with E-state index in [0.29, 0.717) is 36.5 Å². The molecule has 1 aliphatic rings. The Morgan fingerprint density at radius 2 is 1.79 bits per heavy atom. The number of carbonyl (C=O) groups excluding carboxylic acids is 2. The van der Waals surface area contributed by atoms with Crippen molar-refractivity contribution in [2.24, 2.45) is 0 Å². The second-order valence-corrected chi connectivity index (χ2v) is 8.08. The molecule has 1 aromatic heterocycles. The predicted molar refractivity (Wildman–Crippen MR) is 120 cm³/mol. The molecule has 0 saturated carbocycles. The molecular weight excluding hydrogens is 424 g/mol. The Balaban J connectivity index is 1.56. The van der Waals surface area contributed by atoms with E-state index in [-0.39, 0.29) is 11.6 Å². The molecule has 1 amide bonds. The first kappa shape index (κ1) is 22.2. The van der Waals surface area contributed by atoms with Gasteiger partial charge in [-0.05, 0) is 42.7 Å². The summed E-state index contributed by atoms with van der Waals surface area (Å²) >= 11 is 0. The number of carbonyl (C=O) groups is 2. The Bertz CT molecular complexity index is 1230. The maximum absolute atomic E-state index is 13.3. The number of nitrogens with zero attached hydrogens (tertiary/aromatic N) is 4. The average Bonchev–Trinajstić information content (AvgIpc) is 3.10. The van der Waals surface area contributed by atoms with Crippen molar-refractivity contribution in [1.82, 2.24) is 14.7 Å². The number of fused-ring (bicyclic) bond motifs is 1. The van der Waals surface area contributed by atoms with E-state index in [1.54, 1.807) is 47.7 Å². The van der Waals surface area contributed by atoms with Gasteiger partial charge in [0.1, 0.15) is 17.4 Å². The van der Waals surface area contributed by atoms with Gasteiger partial charge < -0.3 is 9.64 Å². The topological polar surface area (TPSA) is 108 Å². The molecule has 0 N–H and O–H groups in total. The van der Waals surface area contributed by atoms with Crippen molar-refractivity contribution >= 4 is 17.6 Å². The van der Waals surface area contributed by atoms with Crippen LogP contribution in [0, 0.1) is 24.0 Å². The number of amides is 1. The van der Waals surface area contributed by atoms with E-state index < -0.39 is 16.9 Å². The van der Waals surface area contributed by atoms with Gasteiger partial charge in [-0.3, -0.25) is 19.6 Å². The third-order valence-electron chi connectivity index (χ3n) is 6.04. The van der Waals surface area contributed by atoms with Gasteiger partial charge in [-0.1, -0.05) is 36.4 Å². The molecule has 0 aliphatic carbocycles. The Morgan fingerprint density at radius 3 is 2.39 bits per heavy atom. The normalized spacial score (nSPS) is 15.1. The van der Waals surface area contributed by atoms with Crippen LogP contribution in [0.5, 0.6) is 0 Å². The predicted octanol–water partition coefficient (Wildman–Crippen LogP) is 3.20. The third kappa shape index (κ3) is 4.21. The van der Waals surface area contributed by atoms with E-state index in [0.717, 1.165) is 16.7 Å². The number of hydrogen-bond donors (Lipinski definition) is 0. The zero-order valence-electron chi connectivity index (χ0n) is 18.6. The van der Waals surface area contributed by atoms with Gasteiger partial charge in [0.2, 0.25) is 0 Å². The molecule has 4 rings (SSSR count). The number of aromatic nitrogens is 2. The lowest BCUT2D eigenvalue weighted by molar-refractivity contribution is -0.386. The van der Waals surface area contributed by atoms with Crippen molar-refractivity contribution in [3.63, 3.8) is 0 Å². The molecule has 2 aromatic carbocycles. The summed E-state index contributed by atoms with van der Waals surface area (Å²) in [5.74, 6) is -0.700. The van der Waals surface area contributed by atoms with Crippen LogP contribution in [0.2, 0.25) is 0 Å². The molecule has 9 heteroatoms. The van der Waals surface area contributed by atoms with Crippen LogP contribution in [0.3, 0.4) is 0 Å². The summed E-state index contributed by atoms with van der Waals surface area (Å²) in [4.78, 5) is 38.1. The summed E-state index contributed by atoms with van der Waals surface area (Å²) in [5, 5.41) is 15.5. The van der Waals surface area contributed by atoms with E-state index >= 15 is 0 Å². The molecule has 9 nitrogen and oxygen atoms in total. The van der Waals surface area contributed by atoms with Gasteiger partial charge in [-0.25, -0.2) is 4.79 Å². The van der Waals surface area contributed by atoms with Crippen LogP contribution >= 0.6 is 0 Å². The number of esters is 1. The summed E-state index contributed by atoms with van der Waals surface area (Å²) in [7, 11) is 1.32. The molecule has 0 spiro atoms. The lowest BCUT2D eigenvalue weighted by atomic mass is 9.93. The third-order valence-corrected chi connectivity index (χ3v) is 6.04. The zero-order chi connectivity index (χ0) is 23.7. The van der Waals surface area contributed by atoms with Crippen LogP contribution in [-0.4, -0.2) is 44.6 Å². The lowest BCUT2D eigenvalue weighted by Crippen LogP contribution is -2.49. The quantitative estimate of drug-likeness (QED) is 0.337. The SMILES string of the molecule is COC(=O)C1Cc2ccccc2CN1C(=O)c1ccc(Cn2nc(C)c([N+](=O)[O-])c2C)cc1. The summed E-state index contributed by atoms with van der Waals surface area (Å²) in [6, 6.07) is 14.1. The molecule has 3 aromatic rings. The van der Waals surface area contributed by atoms with E-state index in [2.05, 4.69) is 5.10 Å². The first-order chi connectivity index (χ1) is 15.8. The minimum atomic E-state index is -0.688. The van der Waals surface area contributed by atoms with Gasteiger partial charge in [0.05, 0.1) is 18.6 Å². The molecule has 0 bridgehead atoms. The number of nitro groups is 1. The first-order valence-electron chi connectivity index (χ1n) is 10.5. The molecule has 0 fully saturated rings. The molecule has 1 atom stereocenters. The smallest absolute Gasteiger partial charge is 0.328 e. The fourth-order valence-electron chi connectivity index (χ4n) is 4.28. The second kappa shape index (κ2) is 8.85. The highest BCUT2D eigenvalue weighted by Crippen LogP contribution is 2.26. The fraction of sp³-hybridized carbons (Fsp3) is 0.292. The standard InChI is InChI=1S/C24H24N4O5/c1-15-22(28(31)32)16(2)27(25-15)13-17-8-10-18(11-9-17)23(29)26-14-20-7-5-4-6-19(20)12-21(26)24(30)33-3/h4-11,21H,12-14H2,1-3H3. The van der Waals surface area contributed by atoms with Crippen molar-refractivity contribution in [2.45, 2.75) is 39.4 Å². The molecule has 33 heavy (non-hydrogen) atoms. The van der Waals surface area contributed by atoms with Gasteiger partial charge in [0, 0.05) is 18.5 Å². The largest absolute Gasteiger partial charge is 0.467 e. The van der Waals surface area contributed by atoms with E-state index in [4.69, 9.17) is 4.74 Å². The van der Waals surface area contributed by atoms with Crippen molar-refractivity contribution < 1.29 is 19.2 Å². The number of aryl methyl sites for hydroxylation is 1. The number of rotatable bonds is 5. The van der Waals surface area contributed by atoms with Crippen LogP contribution in [0.25, 0.3) is 0 Å². The molecule has 170 valence electrons. The van der Waals surface area contributed by atoms with E-state index in [1.807, 2.05) is 24.3 Å². The fourth-order valence-corrected chi connectivity index (χ4v) is 4.28. The highest BCUT2D eigenvalue weighted by atomic mass is 16.6. The number of ether oxygens (including phenoxy) is 1. The molecular formula is C24H24N4O5. The maximum Gasteiger partial charge on any atom is 0.328 e. The van der Waals surface area contributed by atoms with E-state index in [1.165, 1.54) is 7.11 Å². The lowest BCUT2D eigenvalue weighted by Gasteiger charge is -2.35. The second-order valence-electron chi connectivity index (χ2n) is 8.08. The Kier molecular flexibility index (Phi) is 5.95. The summed E-state index contributed by atoms with van der Waals surface area (Å²) in [5.41, 5.74) is 4.20. The monoisotopic (exact) mass is 448 g/mol. The molecule has 1 aliphatic heterocycles. The maximum atomic E-state index is 13.3. The van der Waals surface area contributed by atoms with Crippen molar-refractivity contribution in [3.05, 3.63) is 92.3 Å². The van der Waals surface area contributed by atoms with E-state index in [9.17, 15) is 19.7 Å². The number of hydrogen-bond acceptors (Lipinski definition) is 6. The highest BCUT2D eigenvalue weighted by Gasteiger charge is 2.35. The van der Waals surface area contributed by atoms with Crippen molar-refractivity contribution in [2.75, 3.05) is 7.11 Å². The van der Waals surface area contributed by atoms with Gasteiger partial charge in [0.25, 0.3) is 5.91 Å². The molecule has 2 heterocycles. The van der Waals surface area contributed by atoms with Crippen LogP contribution in [0.1, 0.15) is 38.4 Å². The first-order valence-corrected chi connectivity index (χ1v) is 10.5. The van der Waals surface area contributed by atoms with Crippen LogP contribution < -0.4 is 0 Å². The zero-order valence-corrected chi connectivity index (χ0v) is 18.6. The Morgan fingerprint density at radius 1 is 1.12 bits per heavy atom. The number of benzene rings is 2. The van der Waals surface area contributed by atoms with Crippen molar-refractivity contribution in [1.29, 1.82) is 0 Å². The van der Waals surface area contributed by atoms with Crippen LogP contribution in [0.15, 0.2) is 48.5 Å². The van der Waals surface area contributed by atoms with Crippen LogP contribution in [0.4, 0.5) is 5.69 Å². The minimum Gasteiger partial charge on any atom is -0.467 e. The van der Waals surface area contributed by atoms with Gasteiger partial charge in [-0.15, -0.1) is 0 Å². The molecule has 0 radical (unpaired) electrons. The highest BCUT2D eigenvalue weighted by molar-refractivity contribution is 5.97. The van der Waals surface area contributed by atoms with Gasteiger partial charge >= 0.3 is 11.7 Å². The molecule has 1 unspecified atom stereocenters. The van der Waals surface area contributed by atoms with Gasteiger partial charge in [0.15, 0.2) is 0 Å². The molecule has 0 saturated heterocycles. The average molecular weight is 448 g/mol. The van der Waals surface area contributed by atoms with Crippen molar-refractivity contribution in [3.8, 4) is 0 Å². The Labute approximate surface area is 190 Å². The summed E-state index contributed by atoms with van der Waals surface area (Å²) < 4.78 is 6.54. The minimum absolute atomic E-state index is 0.0148.